The molecule has 86 valence electrons. The third-order valence-electron chi connectivity index (χ3n) is 1.75. The molecule has 0 bridgehead atoms. The first-order valence-corrected chi connectivity index (χ1v) is 4.55. The maximum Gasteiger partial charge on any atom is 0.374 e. The fraction of sp³-hybridized carbons (Fsp3) is 0.300. The van der Waals surface area contributed by atoms with E-state index in [-0.39, 0.29) is 12.2 Å². The van der Waals surface area contributed by atoms with E-state index in [9.17, 15) is 18.4 Å². The first kappa shape index (κ1) is 12.2. The van der Waals surface area contributed by atoms with Crippen molar-refractivity contribution in [2.75, 3.05) is 6.61 Å². The summed E-state index contributed by atoms with van der Waals surface area (Å²) in [4.78, 5) is 25.0. The van der Waals surface area contributed by atoms with Gasteiger partial charge < -0.3 is 4.74 Å². The van der Waals surface area contributed by atoms with Crippen molar-refractivity contribution in [3.63, 3.8) is 0 Å². The van der Waals surface area contributed by atoms with Gasteiger partial charge in [0.25, 0.3) is 0 Å². The second kappa shape index (κ2) is 5.29. The van der Waals surface area contributed by atoms with Crippen LogP contribution in [0.4, 0.5) is 8.78 Å². The number of ether oxygens (including phenoxy) is 1. The van der Waals surface area contributed by atoms with E-state index in [0.29, 0.717) is 0 Å². The van der Waals surface area contributed by atoms with Crippen LogP contribution >= 0.6 is 0 Å². The summed E-state index contributed by atoms with van der Waals surface area (Å²) in [6.45, 7) is 1.61. The van der Waals surface area contributed by atoms with Crippen molar-refractivity contribution in [2.24, 2.45) is 0 Å². The number of carbonyl (C=O) groups excluding carboxylic acids is 2. The largest absolute Gasteiger partial charge is 0.460 e. The lowest BCUT2D eigenvalue weighted by Crippen LogP contribution is -2.20. The smallest absolute Gasteiger partial charge is 0.374 e. The van der Waals surface area contributed by atoms with Gasteiger partial charge in [0.1, 0.15) is 0 Å². The molecular formula is C10H9F2NO3. The van der Waals surface area contributed by atoms with Gasteiger partial charge >= 0.3 is 5.97 Å². The summed E-state index contributed by atoms with van der Waals surface area (Å²) >= 11 is 0. The molecule has 0 saturated heterocycles. The first-order valence-electron chi connectivity index (χ1n) is 4.55. The van der Waals surface area contributed by atoms with Gasteiger partial charge in [-0.1, -0.05) is 0 Å². The fourth-order valence-corrected chi connectivity index (χ4v) is 1.03. The van der Waals surface area contributed by atoms with Crippen LogP contribution in [-0.2, 0) is 20.7 Å². The average Bonchev–Trinajstić information content (AvgIpc) is 2.22. The predicted octanol–water partition coefficient (Wildman–Crippen LogP) is 1.03. The Bertz CT molecular complexity index is 421. The Morgan fingerprint density at radius 1 is 1.38 bits per heavy atom. The monoisotopic (exact) mass is 229 g/mol. The van der Waals surface area contributed by atoms with Gasteiger partial charge in [-0.25, -0.2) is 4.79 Å². The van der Waals surface area contributed by atoms with Gasteiger partial charge in [-0.3, -0.25) is 4.79 Å². The van der Waals surface area contributed by atoms with Crippen LogP contribution in [-0.4, -0.2) is 23.3 Å². The van der Waals surface area contributed by atoms with Crippen LogP contribution in [0.2, 0.25) is 0 Å². The number of hydrogen-bond acceptors (Lipinski definition) is 4. The SMILES string of the molecule is CCOC(=O)C(=O)Cc1ccc(F)nc1F. The molecule has 0 fully saturated rings. The predicted molar refractivity (Wildman–Crippen MR) is 49.5 cm³/mol. The van der Waals surface area contributed by atoms with Crippen LogP contribution in [0.1, 0.15) is 12.5 Å². The Hall–Kier alpha value is -1.85. The third-order valence-corrected chi connectivity index (χ3v) is 1.75. The lowest BCUT2D eigenvalue weighted by atomic mass is 10.1. The van der Waals surface area contributed by atoms with E-state index in [1.807, 2.05) is 0 Å². The molecule has 0 aliphatic heterocycles. The molecule has 1 aromatic rings. The second-order valence-electron chi connectivity index (χ2n) is 2.90. The summed E-state index contributed by atoms with van der Waals surface area (Å²) in [5.74, 6) is -4.01. The van der Waals surface area contributed by atoms with Gasteiger partial charge in [-0.05, 0) is 19.1 Å². The summed E-state index contributed by atoms with van der Waals surface area (Å²) in [7, 11) is 0. The molecule has 0 amide bonds. The molecule has 0 unspecified atom stereocenters. The van der Waals surface area contributed by atoms with Gasteiger partial charge in [0.15, 0.2) is 0 Å². The van der Waals surface area contributed by atoms with Gasteiger partial charge in [0, 0.05) is 12.0 Å². The Balaban J connectivity index is 2.73. The van der Waals surface area contributed by atoms with Gasteiger partial charge in [-0.2, -0.15) is 13.8 Å². The minimum atomic E-state index is -1.10. The number of halogens is 2. The molecule has 0 saturated carbocycles. The third kappa shape index (κ3) is 3.08. The summed E-state index contributed by atoms with van der Waals surface area (Å²) in [5.41, 5.74) is -0.139. The minimum Gasteiger partial charge on any atom is -0.460 e. The van der Waals surface area contributed by atoms with Crippen molar-refractivity contribution in [3.8, 4) is 0 Å². The first-order chi connectivity index (χ1) is 7.54. The standard InChI is InChI=1S/C10H9F2NO3/c1-2-16-10(15)7(14)5-6-3-4-8(11)13-9(6)12/h3-4H,2,5H2,1H3. The Morgan fingerprint density at radius 2 is 2.06 bits per heavy atom. The number of aromatic nitrogens is 1. The average molecular weight is 229 g/mol. The van der Waals surface area contributed by atoms with Crippen LogP contribution < -0.4 is 0 Å². The van der Waals surface area contributed by atoms with E-state index in [4.69, 9.17) is 0 Å². The van der Waals surface area contributed by atoms with Crippen LogP contribution in [0.5, 0.6) is 0 Å². The number of esters is 1. The molecule has 0 radical (unpaired) electrons. The van der Waals surface area contributed by atoms with Crippen LogP contribution in [0, 0.1) is 11.9 Å². The highest BCUT2D eigenvalue weighted by Gasteiger charge is 2.18. The number of pyridine rings is 1. The van der Waals surface area contributed by atoms with Gasteiger partial charge in [0.05, 0.1) is 6.61 Å². The van der Waals surface area contributed by atoms with E-state index >= 15 is 0 Å². The number of ketones is 1. The van der Waals surface area contributed by atoms with Crippen molar-refractivity contribution in [1.82, 2.24) is 4.98 Å². The van der Waals surface area contributed by atoms with Crippen molar-refractivity contribution in [3.05, 3.63) is 29.6 Å². The zero-order valence-electron chi connectivity index (χ0n) is 8.50. The fourth-order valence-electron chi connectivity index (χ4n) is 1.03. The molecule has 16 heavy (non-hydrogen) atoms. The summed E-state index contributed by atoms with van der Waals surface area (Å²) in [5, 5.41) is 0. The van der Waals surface area contributed by atoms with Crippen molar-refractivity contribution in [2.45, 2.75) is 13.3 Å². The minimum absolute atomic E-state index is 0.0642. The zero-order valence-corrected chi connectivity index (χ0v) is 8.50. The summed E-state index contributed by atoms with van der Waals surface area (Å²) in [6.07, 6.45) is -0.488. The highest BCUT2D eigenvalue weighted by molar-refractivity contribution is 6.34. The Kier molecular flexibility index (Phi) is 4.04. The molecule has 1 aromatic heterocycles. The van der Waals surface area contributed by atoms with Crippen molar-refractivity contribution >= 4 is 11.8 Å². The molecule has 0 spiro atoms. The van der Waals surface area contributed by atoms with Crippen LogP contribution in [0.15, 0.2) is 12.1 Å². The molecule has 0 atom stereocenters. The number of Topliss-reactive ketones (excluding diaryl/α,β-unsaturated/α-hetero) is 1. The molecule has 0 N–H and O–H groups in total. The van der Waals surface area contributed by atoms with Crippen molar-refractivity contribution in [1.29, 1.82) is 0 Å². The second-order valence-corrected chi connectivity index (χ2v) is 2.90. The summed E-state index contributed by atoms with van der Waals surface area (Å²) in [6, 6.07) is 1.98. The topological polar surface area (TPSA) is 56.3 Å². The molecule has 0 aromatic carbocycles. The highest BCUT2D eigenvalue weighted by atomic mass is 19.1. The molecule has 1 rings (SSSR count). The number of hydrogen-bond donors (Lipinski definition) is 0. The Labute approximate surface area is 90.2 Å². The van der Waals surface area contributed by atoms with E-state index in [0.717, 1.165) is 12.1 Å². The van der Waals surface area contributed by atoms with E-state index in [2.05, 4.69) is 9.72 Å². The van der Waals surface area contributed by atoms with E-state index < -0.39 is 30.1 Å². The van der Waals surface area contributed by atoms with Crippen LogP contribution in [0.3, 0.4) is 0 Å². The quantitative estimate of drug-likeness (QED) is 0.439. The zero-order chi connectivity index (χ0) is 12.1. The Morgan fingerprint density at radius 3 is 2.62 bits per heavy atom. The lowest BCUT2D eigenvalue weighted by Gasteiger charge is -2.02. The molecule has 1 heterocycles. The van der Waals surface area contributed by atoms with Gasteiger partial charge in [0.2, 0.25) is 17.7 Å². The number of carbonyl (C=O) groups is 2. The summed E-state index contributed by atoms with van der Waals surface area (Å²) < 4.78 is 29.9. The molecule has 0 aliphatic carbocycles. The van der Waals surface area contributed by atoms with Crippen molar-refractivity contribution < 1.29 is 23.1 Å². The van der Waals surface area contributed by atoms with Gasteiger partial charge in [-0.15, -0.1) is 0 Å². The maximum atomic E-state index is 13.0. The number of nitrogens with zero attached hydrogens (tertiary/aromatic N) is 1. The lowest BCUT2D eigenvalue weighted by molar-refractivity contribution is -0.153. The molecule has 6 heteroatoms. The highest BCUT2D eigenvalue weighted by Crippen LogP contribution is 2.07. The van der Waals surface area contributed by atoms with E-state index in [1.54, 1.807) is 6.92 Å². The molecule has 0 aliphatic rings. The normalized spacial score (nSPS) is 9.94. The maximum absolute atomic E-state index is 13.0. The van der Waals surface area contributed by atoms with E-state index in [1.165, 1.54) is 0 Å². The molecule has 4 nitrogen and oxygen atoms in total. The number of rotatable bonds is 4. The molecular weight excluding hydrogens is 220 g/mol. The van der Waals surface area contributed by atoms with Crippen LogP contribution in [0.25, 0.3) is 0 Å².